The number of ether oxygens (including phenoxy) is 3. The summed E-state index contributed by atoms with van der Waals surface area (Å²) in [6.07, 6.45) is -3.43. The first-order valence-corrected chi connectivity index (χ1v) is 10.3. The Morgan fingerprint density at radius 2 is 1.63 bits per heavy atom. The first-order chi connectivity index (χ1) is 16.4. The molecule has 0 atom stereocenters. The highest BCUT2D eigenvalue weighted by atomic mass is 19.4. The van der Waals surface area contributed by atoms with Crippen molar-refractivity contribution in [2.75, 3.05) is 14.2 Å². The van der Waals surface area contributed by atoms with Crippen LogP contribution < -0.4 is 19.9 Å². The van der Waals surface area contributed by atoms with Gasteiger partial charge in [0.2, 0.25) is 5.78 Å². The molecule has 0 fully saturated rings. The summed E-state index contributed by atoms with van der Waals surface area (Å²) in [5, 5.41) is 8.61. The Morgan fingerprint density at radius 1 is 1.06 bits per heavy atom. The van der Waals surface area contributed by atoms with Crippen molar-refractivity contribution in [3.63, 3.8) is 0 Å². The van der Waals surface area contributed by atoms with E-state index in [0.717, 1.165) is 10.9 Å². The van der Waals surface area contributed by atoms with Crippen LogP contribution in [0.1, 0.15) is 35.5 Å². The van der Waals surface area contributed by atoms with Crippen molar-refractivity contribution >= 4 is 22.5 Å². The number of carboxylic acid groups (broad SMARTS) is 1. The third-order valence-electron chi connectivity index (χ3n) is 4.62. The fraction of sp³-hybridized carbons (Fsp3) is 0.292. The van der Waals surface area contributed by atoms with Gasteiger partial charge < -0.3 is 25.1 Å². The number of hydrogen-bond donors (Lipinski definition) is 2. The molecule has 3 N–H and O–H groups in total. The number of ketones is 1. The van der Waals surface area contributed by atoms with Crippen LogP contribution in [0.4, 0.5) is 13.2 Å². The lowest BCUT2D eigenvalue weighted by Crippen LogP contribution is -2.21. The van der Waals surface area contributed by atoms with E-state index in [1.807, 2.05) is 26.0 Å². The van der Waals surface area contributed by atoms with Crippen molar-refractivity contribution in [1.82, 2.24) is 4.98 Å². The van der Waals surface area contributed by atoms with Crippen LogP contribution in [0.5, 0.6) is 17.2 Å². The van der Waals surface area contributed by atoms with E-state index in [1.165, 1.54) is 0 Å². The molecule has 0 unspecified atom stereocenters. The molecule has 0 bridgehead atoms. The van der Waals surface area contributed by atoms with Gasteiger partial charge >= 0.3 is 12.1 Å². The maximum atomic E-state index is 13.2. The van der Waals surface area contributed by atoms with Crippen LogP contribution in [-0.2, 0) is 11.3 Å². The summed E-state index contributed by atoms with van der Waals surface area (Å²) in [5.74, 6) is -1.22. The molecule has 1 heterocycles. The van der Waals surface area contributed by atoms with Gasteiger partial charge in [0.1, 0.15) is 11.4 Å². The second-order valence-electron chi connectivity index (χ2n) is 7.42. The number of fused-ring (bicyclic) bond motifs is 1. The summed E-state index contributed by atoms with van der Waals surface area (Å²) in [6, 6.07) is 10.7. The molecule has 0 saturated carbocycles. The first kappa shape index (κ1) is 27.4. The molecule has 188 valence electrons. The number of hydrogen-bond acceptors (Lipinski definition) is 7. The van der Waals surface area contributed by atoms with Gasteiger partial charge in [-0.15, -0.1) is 0 Å². The first-order valence-electron chi connectivity index (χ1n) is 10.3. The predicted octanol–water partition coefficient (Wildman–Crippen LogP) is 4.36. The molecule has 3 aromatic rings. The van der Waals surface area contributed by atoms with E-state index < -0.39 is 12.1 Å². The van der Waals surface area contributed by atoms with Crippen LogP contribution in [0.3, 0.4) is 0 Å². The Hall–Kier alpha value is -3.86. The Bertz CT molecular complexity index is 1210. The monoisotopic (exact) mass is 494 g/mol. The molecule has 0 saturated heterocycles. The van der Waals surface area contributed by atoms with Crippen LogP contribution >= 0.6 is 0 Å². The van der Waals surface area contributed by atoms with Crippen LogP contribution in [0.2, 0.25) is 0 Å². The molecule has 0 radical (unpaired) electrons. The smallest absolute Gasteiger partial charge is 0.490 e. The number of carbonyl (C=O) groups excluding carboxylic acids is 1. The maximum absolute atomic E-state index is 13.2. The van der Waals surface area contributed by atoms with E-state index in [1.54, 1.807) is 44.7 Å². The molecule has 0 spiro atoms. The second-order valence-corrected chi connectivity index (χ2v) is 7.42. The fourth-order valence-electron chi connectivity index (χ4n) is 3.09. The molecule has 0 aliphatic heterocycles. The van der Waals surface area contributed by atoms with Crippen molar-refractivity contribution in [3.8, 4) is 17.2 Å². The molecule has 0 aliphatic carbocycles. The van der Waals surface area contributed by atoms with E-state index in [4.69, 9.17) is 29.8 Å². The van der Waals surface area contributed by atoms with Crippen molar-refractivity contribution in [1.29, 1.82) is 0 Å². The summed E-state index contributed by atoms with van der Waals surface area (Å²) in [7, 11) is 3.12. The molecule has 8 nitrogen and oxygen atoms in total. The lowest BCUT2D eigenvalue weighted by atomic mass is 9.99. The molecule has 0 aliphatic rings. The van der Waals surface area contributed by atoms with Gasteiger partial charge in [-0.05, 0) is 49.1 Å². The van der Waals surface area contributed by atoms with Crippen LogP contribution in [0, 0.1) is 0 Å². The Labute approximate surface area is 199 Å². The Morgan fingerprint density at radius 3 is 2.11 bits per heavy atom. The third kappa shape index (κ3) is 6.82. The zero-order chi connectivity index (χ0) is 26.3. The predicted molar refractivity (Wildman–Crippen MR) is 122 cm³/mol. The molecule has 11 heteroatoms. The van der Waals surface area contributed by atoms with Crippen molar-refractivity contribution < 1.29 is 42.1 Å². The van der Waals surface area contributed by atoms with Crippen molar-refractivity contribution in [3.05, 3.63) is 59.4 Å². The van der Waals surface area contributed by atoms with Gasteiger partial charge in [-0.2, -0.15) is 13.2 Å². The molecule has 35 heavy (non-hydrogen) atoms. The second kappa shape index (κ2) is 11.5. The van der Waals surface area contributed by atoms with Gasteiger partial charge in [0.05, 0.1) is 20.3 Å². The number of pyridine rings is 1. The number of nitrogens with two attached hydrogens (primary N) is 1. The minimum Gasteiger partial charge on any atom is -0.493 e. The molecule has 2 aromatic carbocycles. The van der Waals surface area contributed by atoms with Gasteiger partial charge in [0.15, 0.2) is 11.5 Å². The normalized spacial score (nSPS) is 11.0. The van der Waals surface area contributed by atoms with Crippen LogP contribution in [-0.4, -0.2) is 48.3 Å². The number of nitrogens with zero attached hydrogens (tertiary/aromatic N) is 1. The lowest BCUT2D eigenvalue weighted by molar-refractivity contribution is -0.192. The molecule has 3 rings (SSSR count). The van der Waals surface area contributed by atoms with E-state index in [-0.39, 0.29) is 11.9 Å². The third-order valence-corrected chi connectivity index (χ3v) is 4.62. The number of methoxy groups -OCH3 is 2. The fourth-order valence-corrected chi connectivity index (χ4v) is 3.09. The van der Waals surface area contributed by atoms with Gasteiger partial charge in [0, 0.05) is 23.7 Å². The minimum absolute atomic E-state index is 0.0184. The Kier molecular flexibility index (Phi) is 9.01. The number of aliphatic carboxylic acids is 1. The van der Waals surface area contributed by atoms with Gasteiger partial charge in [-0.25, -0.2) is 4.79 Å². The largest absolute Gasteiger partial charge is 0.493 e. The maximum Gasteiger partial charge on any atom is 0.490 e. The zero-order valence-electron chi connectivity index (χ0n) is 19.5. The van der Waals surface area contributed by atoms with Gasteiger partial charge in [0.25, 0.3) is 0 Å². The van der Waals surface area contributed by atoms with Crippen LogP contribution in [0.25, 0.3) is 10.8 Å². The molecule has 1 aromatic heterocycles. The highest BCUT2D eigenvalue weighted by Crippen LogP contribution is 2.35. The summed E-state index contributed by atoms with van der Waals surface area (Å²) in [4.78, 5) is 26.5. The molecular formula is C24H25F3N2O6. The Balaban J connectivity index is 0.000000540. The summed E-state index contributed by atoms with van der Waals surface area (Å²) in [6.45, 7) is 4.18. The number of benzene rings is 2. The lowest BCUT2D eigenvalue weighted by Gasteiger charge is -2.14. The highest BCUT2D eigenvalue weighted by molar-refractivity contribution is 6.15. The number of carboxylic acids is 1. The number of alkyl halides is 3. The van der Waals surface area contributed by atoms with Gasteiger partial charge in [-0.1, -0.05) is 12.1 Å². The number of halogens is 3. The SMILES string of the molecule is COc1cc2c(CN)cnc(C(=O)c3cccc(OC(C)C)c3)c2cc1OC.O=C(O)C(F)(F)F. The average molecular weight is 494 g/mol. The number of carbonyl (C=O) groups is 2. The van der Waals surface area contributed by atoms with E-state index in [2.05, 4.69) is 4.98 Å². The molecular weight excluding hydrogens is 469 g/mol. The minimum atomic E-state index is -5.08. The molecule has 0 amide bonds. The average Bonchev–Trinajstić information content (AvgIpc) is 2.81. The van der Waals surface area contributed by atoms with Crippen molar-refractivity contribution in [2.45, 2.75) is 32.7 Å². The standard InChI is InChI=1S/C22H24N2O4.C2HF3O2/c1-13(2)28-16-7-5-6-14(8-16)22(25)21-18-10-20(27-4)19(26-3)9-17(18)15(11-23)12-24-21;3-2(4,5)1(6)7/h5-10,12-13H,11,23H2,1-4H3;(H,6,7). The van der Waals surface area contributed by atoms with Crippen molar-refractivity contribution in [2.24, 2.45) is 5.73 Å². The van der Waals surface area contributed by atoms with E-state index in [0.29, 0.717) is 40.4 Å². The summed E-state index contributed by atoms with van der Waals surface area (Å²) in [5.41, 5.74) is 7.52. The topological polar surface area (TPSA) is 121 Å². The zero-order valence-corrected chi connectivity index (χ0v) is 19.5. The summed E-state index contributed by atoms with van der Waals surface area (Å²) < 4.78 is 48.2. The summed E-state index contributed by atoms with van der Waals surface area (Å²) >= 11 is 0. The number of rotatable bonds is 7. The van der Waals surface area contributed by atoms with E-state index >= 15 is 0 Å². The number of aromatic nitrogens is 1. The quantitative estimate of drug-likeness (QED) is 0.465. The van der Waals surface area contributed by atoms with Crippen LogP contribution in [0.15, 0.2) is 42.6 Å². The van der Waals surface area contributed by atoms with Gasteiger partial charge in [-0.3, -0.25) is 9.78 Å². The highest BCUT2D eigenvalue weighted by Gasteiger charge is 2.38. The van der Waals surface area contributed by atoms with E-state index in [9.17, 15) is 18.0 Å².